The van der Waals surface area contributed by atoms with Crippen molar-refractivity contribution < 1.29 is 0 Å². The lowest BCUT2D eigenvalue weighted by Gasteiger charge is -2.11. The Balaban J connectivity index is 2.15. The third kappa shape index (κ3) is 3.56. The average Bonchev–Trinajstić information content (AvgIpc) is 2.84. The number of aromatic nitrogens is 1. The summed E-state index contributed by atoms with van der Waals surface area (Å²) < 4.78 is 1.27. The van der Waals surface area contributed by atoms with Gasteiger partial charge < -0.3 is 5.73 Å². The minimum absolute atomic E-state index is 0.224. The second kappa shape index (κ2) is 6.19. The van der Waals surface area contributed by atoms with Crippen LogP contribution in [0.5, 0.6) is 0 Å². The van der Waals surface area contributed by atoms with Crippen LogP contribution in [0.3, 0.4) is 0 Å². The topological polar surface area (TPSA) is 38.9 Å². The summed E-state index contributed by atoms with van der Waals surface area (Å²) in [6.45, 7) is 2.12. The van der Waals surface area contributed by atoms with Crippen LogP contribution in [0.15, 0.2) is 45.1 Å². The predicted octanol–water partition coefficient (Wildman–Crippen LogP) is 3.57. The van der Waals surface area contributed by atoms with Crippen molar-refractivity contribution in [3.8, 4) is 0 Å². The summed E-state index contributed by atoms with van der Waals surface area (Å²) in [5.41, 5.74) is 7.26. The molecule has 0 spiro atoms. The molecule has 0 aromatic carbocycles. The van der Waals surface area contributed by atoms with Crippen molar-refractivity contribution in [1.82, 2.24) is 4.98 Å². The van der Waals surface area contributed by atoms with Crippen LogP contribution >= 0.6 is 23.1 Å². The van der Waals surface area contributed by atoms with Gasteiger partial charge in [-0.2, -0.15) is 0 Å². The zero-order valence-corrected chi connectivity index (χ0v) is 11.4. The van der Waals surface area contributed by atoms with E-state index >= 15 is 0 Å². The Morgan fingerprint density at radius 1 is 1.41 bits per heavy atom. The molecule has 0 radical (unpaired) electrons. The van der Waals surface area contributed by atoms with Gasteiger partial charge in [0.2, 0.25) is 0 Å². The first kappa shape index (κ1) is 12.6. The van der Waals surface area contributed by atoms with Gasteiger partial charge in [-0.1, -0.05) is 30.8 Å². The van der Waals surface area contributed by atoms with Crippen LogP contribution in [-0.2, 0) is 6.42 Å². The molecule has 2 nitrogen and oxygen atoms in total. The average molecular weight is 264 g/mol. The number of thiophene rings is 1. The molecule has 0 aliphatic carbocycles. The second-order valence-corrected chi connectivity index (χ2v) is 6.11. The van der Waals surface area contributed by atoms with Crippen molar-refractivity contribution in [3.05, 3.63) is 41.4 Å². The van der Waals surface area contributed by atoms with Crippen LogP contribution < -0.4 is 5.73 Å². The van der Waals surface area contributed by atoms with E-state index < -0.39 is 0 Å². The van der Waals surface area contributed by atoms with E-state index in [0.717, 1.165) is 17.9 Å². The molecule has 0 bridgehead atoms. The van der Waals surface area contributed by atoms with Crippen LogP contribution in [0.1, 0.15) is 18.9 Å². The Hall–Kier alpha value is -0.840. The van der Waals surface area contributed by atoms with Crippen LogP contribution in [0, 0.1) is 0 Å². The first-order valence-electron chi connectivity index (χ1n) is 5.70. The molecule has 17 heavy (non-hydrogen) atoms. The summed E-state index contributed by atoms with van der Waals surface area (Å²) >= 11 is 3.47. The highest BCUT2D eigenvalue weighted by atomic mass is 32.2. The highest BCUT2D eigenvalue weighted by Gasteiger charge is 2.09. The van der Waals surface area contributed by atoms with E-state index in [1.807, 2.05) is 12.3 Å². The Bertz CT molecular complexity index is 454. The Kier molecular flexibility index (Phi) is 4.59. The fourth-order valence-electron chi connectivity index (χ4n) is 1.52. The van der Waals surface area contributed by atoms with Gasteiger partial charge >= 0.3 is 0 Å². The monoisotopic (exact) mass is 264 g/mol. The van der Waals surface area contributed by atoms with Crippen molar-refractivity contribution in [1.29, 1.82) is 0 Å². The summed E-state index contributed by atoms with van der Waals surface area (Å²) in [6.07, 6.45) is 3.74. The molecule has 0 aliphatic rings. The van der Waals surface area contributed by atoms with Gasteiger partial charge in [-0.3, -0.25) is 0 Å². The zero-order valence-electron chi connectivity index (χ0n) is 9.80. The molecule has 0 saturated carbocycles. The molecule has 2 aromatic rings. The maximum atomic E-state index is 6.01. The van der Waals surface area contributed by atoms with E-state index in [1.54, 1.807) is 23.1 Å². The molecule has 2 rings (SSSR count). The normalized spacial score (nSPS) is 12.6. The summed E-state index contributed by atoms with van der Waals surface area (Å²) in [6, 6.07) is 8.51. The predicted molar refractivity (Wildman–Crippen MR) is 74.6 cm³/mol. The SMILES string of the molecule is CCC(N)Cc1cccnc1Sc1cccs1. The lowest BCUT2D eigenvalue weighted by atomic mass is 10.1. The van der Waals surface area contributed by atoms with E-state index in [4.69, 9.17) is 5.73 Å². The Labute approximate surface area is 110 Å². The molecule has 2 heterocycles. The largest absolute Gasteiger partial charge is 0.327 e. The maximum Gasteiger partial charge on any atom is 0.105 e. The molecule has 90 valence electrons. The molecule has 0 aliphatic heterocycles. The highest BCUT2D eigenvalue weighted by Crippen LogP contribution is 2.32. The molecule has 1 atom stereocenters. The van der Waals surface area contributed by atoms with Crippen molar-refractivity contribution in [2.45, 2.75) is 35.0 Å². The summed E-state index contributed by atoms with van der Waals surface area (Å²) in [5.74, 6) is 0. The van der Waals surface area contributed by atoms with Gasteiger partial charge in [0.1, 0.15) is 5.03 Å². The summed E-state index contributed by atoms with van der Waals surface area (Å²) in [7, 11) is 0. The number of nitrogens with two attached hydrogens (primary N) is 1. The molecule has 0 saturated heterocycles. The highest BCUT2D eigenvalue weighted by molar-refractivity contribution is 8.01. The third-order valence-corrected chi connectivity index (χ3v) is 4.65. The van der Waals surface area contributed by atoms with E-state index in [2.05, 4.69) is 35.5 Å². The van der Waals surface area contributed by atoms with Crippen LogP contribution in [-0.4, -0.2) is 11.0 Å². The van der Waals surface area contributed by atoms with Gasteiger partial charge in [0.25, 0.3) is 0 Å². The zero-order chi connectivity index (χ0) is 12.1. The number of rotatable bonds is 5. The van der Waals surface area contributed by atoms with Gasteiger partial charge in [-0.25, -0.2) is 4.98 Å². The Morgan fingerprint density at radius 2 is 2.29 bits per heavy atom. The molecule has 0 fully saturated rings. The van der Waals surface area contributed by atoms with Crippen molar-refractivity contribution in [2.75, 3.05) is 0 Å². The number of hydrogen-bond acceptors (Lipinski definition) is 4. The molecule has 1 unspecified atom stereocenters. The molecular weight excluding hydrogens is 248 g/mol. The smallest absolute Gasteiger partial charge is 0.105 e. The van der Waals surface area contributed by atoms with Crippen molar-refractivity contribution in [2.24, 2.45) is 5.73 Å². The number of pyridine rings is 1. The van der Waals surface area contributed by atoms with E-state index in [-0.39, 0.29) is 6.04 Å². The first-order valence-corrected chi connectivity index (χ1v) is 7.40. The fourth-order valence-corrected chi connectivity index (χ4v) is 3.29. The minimum Gasteiger partial charge on any atom is -0.327 e. The van der Waals surface area contributed by atoms with Crippen LogP contribution in [0.2, 0.25) is 0 Å². The van der Waals surface area contributed by atoms with Gasteiger partial charge in [0.15, 0.2) is 0 Å². The van der Waals surface area contributed by atoms with Crippen LogP contribution in [0.4, 0.5) is 0 Å². The Morgan fingerprint density at radius 3 is 3.00 bits per heavy atom. The second-order valence-electron chi connectivity index (χ2n) is 3.87. The maximum absolute atomic E-state index is 6.01. The van der Waals surface area contributed by atoms with Gasteiger partial charge in [-0.05, 0) is 35.9 Å². The molecule has 2 N–H and O–H groups in total. The lowest BCUT2D eigenvalue weighted by molar-refractivity contribution is 0.637. The fraction of sp³-hybridized carbons (Fsp3) is 0.308. The number of nitrogens with zero attached hydrogens (tertiary/aromatic N) is 1. The number of hydrogen-bond donors (Lipinski definition) is 1. The van der Waals surface area contributed by atoms with E-state index in [0.29, 0.717) is 0 Å². The molecular formula is C13H16N2S2. The van der Waals surface area contributed by atoms with Crippen molar-refractivity contribution in [3.63, 3.8) is 0 Å². The lowest BCUT2D eigenvalue weighted by Crippen LogP contribution is -2.21. The first-order chi connectivity index (χ1) is 8.29. The summed E-state index contributed by atoms with van der Waals surface area (Å²) in [4.78, 5) is 4.45. The minimum atomic E-state index is 0.224. The quantitative estimate of drug-likeness (QED) is 0.897. The summed E-state index contributed by atoms with van der Waals surface area (Å²) in [5, 5.41) is 3.17. The van der Waals surface area contributed by atoms with E-state index in [9.17, 15) is 0 Å². The molecule has 0 amide bonds. The molecule has 2 aromatic heterocycles. The van der Waals surface area contributed by atoms with Crippen molar-refractivity contribution >= 4 is 23.1 Å². The third-order valence-electron chi connectivity index (χ3n) is 2.55. The van der Waals surface area contributed by atoms with E-state index in [1.165, 1.54) is 9.77 Å². The standard InChI is InChI=1S/C13H16N2S2/c1-2-11(14)9-10-5-3-7-15-13(10)17-12-6-4-8-16-12/h3-8,11H,2,9,14H2,1H3. The van der Waals surface area contributed by atoms with Crippen LogP contribution in [0.25, 0.3) is 0 Å². The van der Waals surface area contributed by atoms with Gasteiger partial charge in [-0.15, -0.1) is 11.3 Å². The van der Waals surface area contributed by atoms with Gasteiger partial charge in [0, 0.05) is 12.2 Å². The van der Waals surface area contributed by atoms with Gasteiger partial charge in [0.05, 0.1) is 4.21 Å². The molecule has 4 heteroatoms.